The van der Waals surface area contributed by atoms with Crippen LogP contribution in [0.5, 0.6) is 5.75 Å². The van der Waals surface area contributed by atoms with Gasteiger partial charge < -0.3 is 4.74 Å². The first-order valence-corrected chi connectivity index (χ1v) is 11.2. The van der Waals surface area contributed by atoms with Gasteiger partial charge >= 0.3 is 0 Å². The predicted molar refractivity (Wildman–Crippen MR) is 134 cm³/mol. The summed E-state index contributed by atoms with van der Waals surface area (Å²) in [5.41, 5.74) is 4.70. The smallest absolute Gasteiger partial charge is 0.271 e. The van der Waals surface area contributed by atoms with E-state index in [0.717, 1.165) is 26.4 Å². The van der Waals surface area contributed by atoms with Crippen molar-refractivity contribution in [2.24, 2.45) is 5.10 Å². The summed E-state index contributed by atoms with van der Waals surface area (Å²) in [5, 5.41) is 6.86. The molecule has 4 rings (SSSR count). The van der Waals surface area contributed by atoms with Gasteiger partial charge in [0.25, 0.3) is 5.91 Å². The van der Waals surface area contributed by atoms with Crippen LogP contribution in [0.2, 0.25) is 10.0 Å². The van der Waals surface area contributed by atoms with E-state index in [9.17, 15) is 4.79 Å². The number of carbonyl (C=O) groups excluding carboxylic acids is 1. The zero-order valence-electron chi connectivity index (χ0n) is 16.7. The monoisotopic (exact) mass is 526 g/mol. The van der Waals surface area contributed by atoms with Crippen LogP contribution < -0.4 is 10.2 Å². The lowest BCUT2D eigenvalue weighted by Crippen LogP contribution is -2.17. The first kappa shape index (κ1) is 22.3. The molecule has 1 N–H and O–H groups in total. The number of hydrazone groups is 1. The van der Waals surface area contributed by atoms with Gasteiger partial charge in [0.1, 0.15) is 12.4 Å². The van der Waals surface area contributed by atoms with Gasteiger partial charge in [-0.25, -0.2) is 5.43 Å². The minimum Gasteiger partial charge on any atom is -0.488 e. The third-order valence-corrected chi connectivity index (χ3v) is 5.99. The molecule has 0 spiro atoms. The maximum absolute atomic E-state index is 12.4. The molecule has 7 heteroatoms. The lowest BCUT2D eigenvalue weighted by Gasteiger charge is -2.12. The van der Waals surface area contributed by atoms with Crippen molar-refractivity contribution in [3.8, 4) is 5.75 Å². The van der Waals surface area contributed by atoms with E-state index in [-0.39, 0.29) is 0 Å². The maximum Gasteiger partial charge on any atom is 0.271 e. The number of hydrogen-bond donors (Lipinski definition) is 1. The van der Waals surface area contributed by atoms with Gasteiger partial charge in [-0.2, -0.15) is 5.10 Å². The van der Waals surface area contributed by atoms with Crippen LogP contribution in [0.1, 0.15) is 21.5 Å². The summed E-state index contributed by atoms with van der Waals surface area (Å²) in [6, 6.07) is 24.4. The zero-order chi connectivity index (χ0) is 22.5. The van der Waals surface area contributed by atoms with E-state index in [4.69, 9.17) is 27.9 Å². The van der Waals surface area contributed by atoms with Crippen LogP contribution in [0, 0.1) is 0 Å². The number of hydrogen-bond acceptors (Lipinski definition) is 3. The third kappa shape index (κ3) is 5.30. The second-order valence-corrected chi connectivity index (χ2v) is 8.68. The highest BCUT2D eigenvalue weighted by Gasteiger charge is 2.10. The minimum absolute atomic E-state index is 0.306. The fourth-order valence-electron chi connectivity index (χ4n) is 3.18. The van der Waals surface area contributed by atoms with Crippen LogP contribution >= 0.6 is 39.1 Å². The maximum atomic E-state index is 12.4. The molecule has 0 saturated carbocycles. The molecule has 0 heterocycles. The highest BCUT2D eigenvalue weighted by atomic mass is 79.9. The molecule has 1 amide bonds. The third-order valence-electron chi connectivity index (χ3n) is 4.76. The van der Waals surface area contributed by atoms with Crippen molar-refractivity contribution >= 4 is 62.0 Å². The van der Waals surface area contributed by atoms with Crippen LogP contribution in [-0.4, -0.2) is 12.1 Å². The molecule has 4 nitrogen and oxygen atoms in total. The Labute approximate surface area is 203 Å². The molecule has 4 aromatic carbocycles. The van der Waals surface area contributed by atoms with Gasteiger partial charge in [-0.15, -0.1) is 0 Å². The highest BCUT2D eigenvalue weighted by molar-refractivity contribution is 9.10. The Kier molecular flexibility index (Phi) is 7.10. The molecular formula is C25H17BrCl2N2O2. The summed E-state index contributed by atoms with van der Waals surface area (Å²) >= 11 is 15.4. The van der Waals surface area contributed by atoms with Crippen molar-refractivity contribution in [1.82, 2.24) is 5.43 Å². The van der Waals surface area contributed by atoms with Gasteiger partial charge in [-0.3, -0.25) is 4.79 Å². The highest BCUT2D eigenvalue weighted by Crippen LogP contribution is 2.28. The fourth-order valence-corrected chi connectivity index (χ4v) is 3.92. The molecule has 0 aliphatic rings. The molecule has 0 fully saturated rings. The van der Waals surface area contributed by atoms with Gasteiger partial charge in [-0.05, 0) is 52.7 Å². The van der Waals surface area contributed by atoms with E-state index in [1.807, 2.05) is 60.7 Å². The van der Waals surface area contributed by atoms with Crippen LogP contribution in [-0.2, 0) is 6.61 Å². The van der Waals surface area contributed by atoms with Crippen LogP contribution in [0.3, 0.4) is 0 Å². The number of amides is 1. The number of rotatable bonds is 6. The number of halogens is 3. The van der Waals surface area contributed by atoms with E-state index in [1.165, 1.54) is 6.07 Å². The summed E-state index contributed by atoms with van der Waals surface area (Å²) < 4.78 is 7.09. The molecule has 0 bridgehead atoms. The average Bonchev–Trinajstić information content (AvgIpc) is 2.80. The van der Waals surface area contributed by atoms with Gasteiger partial charge in [0.2, 0.25) is 0 Å². The SMILES string of the molecule is O=C(N/N=C\c1c(OCc2cccc(Br)c2)ccc2ccccc12)c1ccc(Cl)c(Cl)c1. The van der Waals surface area contributed by atoms with Gasteiger partial charge in [0.05, 0.1) is 16.3 Å². The molecule has 0 saturated heterocycles. The Balaban J connectivity index is 1.58. The van der Waals surface area contributed by atoms with E-state index < -0.39 is 5.91 Å². The topological polar surface area (TPSA) is 50.7 Å². The molecule has 0 atom stereocenters. The standard InChI is InChI=1S/C25H17BrCl2N2O2/c26-19-6-3-4-16(12-19)15-32-24-11-9-17-5-1-2-7-20(17)21(24)14-29-30-25(31)18-8-10-22(27)23(28)13-18/h1-14H,15H2,(H,30,31)/b29-14-. The number of ether oxygens (including phenoxy) is 1. The second-order valence-electron chi connectivity index (χ2n) is 6.95. The van der Waals surface area contributed by atoms with Gasteiger partial charge in [0, 0.05) is 15.6 Å². The zero-order valence-corrected chi connectivity index (χ0v) is 19.8. The van der Waals surface area contributed by atoms with Gasteiger partial charge in [0.15, 0.2) is 0 Å². The first-order valence-electron chi connectivity index (χ1n) is 9.69. The fraction of sp³-hybridized carbons (Fsp3) is 0.0400. The lowest BCUT2D eigenvalue weighted by molar-refractivity contribution is 0.0955. The molecule has 4 aromatic rings. The van der Waals surface area contributed by atoms with Crippen molar-refractivity contribution in [2.45, 2.75) is 6.61 Å². The average molecular weight is 528 g/mol. The first-order chi connectivity index (χ1) is 15.5. The van der Waals surface area contributed by atoms with Crippen LogP contribution in [0.15, 0.2) is 88.4 Å². The van der Waals surface area contributed by atoms with E-state index >= 15 is 0 Å². The number of carbonyl (C=O) groups is 1. The Bertz CT molecular complexity index is 1320. The van der Waals surface area contributed by atoms with Crippen molar-refractivity contribution in [2.75, 3.05) is 0 Å². The molecule has 32 heavy (non-hydrogen) atoms. The minimum atomic E-state index is -0.392. The van der Waals surface area contributed by atoms with Crippen molar-refractivity contribution < 1.29 is 9.53 Å². The molecule has 0 aromatic heterocycles. The lowest BCUT2D eigenvalue weighted by atomic mass is 10.0. The normalized spacial score (nSPS) is 11.1. The quantitative estimate of drug-likeness (QED) is 0.212. The summed E-state index contributed by atoms with van der Waals surface area (Å²) in [6.45, 7) is 0.397. The summed E-state index contributed by atoms with van der Waals surface area (Å²) in [4.78, 5) is 12.4. The van der Waals surface area contributed by atoms with E-state index in [1.54, 1.807) is 18.3 Å². The van der Waals surface area contributed by atoms with Crippen molar-refractivity contribution in [3.63, 3.8) is 0 Å². The van der Waals surface area contributed by atoms with E-state index in [0.29, 0.717) is 28.0 Å². The second kappa shape index (κ2) is 10.2. The van der Waals surface area contributed by atoms with Crippen molar-refractivity contribution in [3.05, 3.63) is 110 Å². The Morgan fingerprint density at radius 2 is 1.81 bits per heavy atom. The summed E-state index contributed by atoms with van der Waals surface area (Å²) in [5.74, 6) is 0.271. The van der Waals surface area contributed by atoms with Gasteiger partial charge in [-0.1, -0.05) is 81.6 Å². The summed E-state index contributed by atoms with van der Waals surface area (Å²) in [6.07, 6.45) is 1.59. The number of benzene rings is 4. The van der Waals surface area contributed by atoms with Crippen LogP contribution in [0.25, 0.3) is 10.8 Å². The largest absolute Gasteiger partial charge is 0.488 e. The Morgan fingerprint density at radius 1 is 0.969 bits per heavy atom. The summed E-state index contributed by atoms with van der Waals surface area (Å²) in [7, 11) is 0. The number of nitrogens with zero attached hydrogens (tertiary/aromatic N) is 1. The molecule has 160 valence electrons. The number of nitrogens with one attached hydrogen (secondary N) is 1. The number of fused-ring (bicyclic) bond motifs is 1. The van der Waals surface area contributed by atoms with Crippen LogP contribution in [0.4, 0.5) is 0 Å². The molecule has 0 aliphatic carbocycles. The molecule has 0 aliphatic heterocycles. The Hall–Kier alpha value is -2.86. The molecule has 0 unspecified atom stereocenters. The van der Waals surface area contributed by atoms with E-state index in [2.05, 4.69) is 26.5 Å². The molecular weight excluding hydrogens is 511 g/mol. The molecule has 0 radical (unpaired) electrons. The van der Waals surface area contributed by atoms with Crippen molar-refractivity contribution in [1.29, 1.82) is 0 Å². The Morgan fingerprint density at radius 3 is 2.62 bits per heavy atom. The predicted octanol–water partition coefficient (Wildman–Crippen LogP) is 7.25.